The summed E-state index contributed by atoms with van der Waals surface area (Å²) in [5.74, 6) is -0.00913. The first-order valence-electron chi connectivity index (χ1n) is 5.36. The van der Waals surface area contributed by atoms with E-state index in [4.69, 9.17) is 0 Å². The third-order valence-corrected chi connectivity index (χ3v) is 2.28. The van der Waals surface area contributed by atoms with E-state index in [9.17, 15) is 4.79 Å². The number of carbonyl (C=O) groups is 1. The lowest BCUT2D eigenvalue weighted by molar-refractivity contribution is -0.118. The first kappa shape index (κ1) is 12.6. The van der Waals surface area contributed by atoms with Crippen LogP contribution in [0.15, 0.2) is 12.4 Å². The summed E-state index contributed by atoms with van der Waals surface area (Å²) in [6, 6.07) is 0.141. The minimum Gasteiger partial charge on any atom is -0.355 e. The van der Waals surface area contributed by atoms with Gasteiger partial charge in [0, 0.05) is 38.4 Å². The fourth-order valence-electron chi connectivity index (χ4n) is 1.47. The highest BCUT2D eigenvalue weighted by Gasteiger charge is 2.08. The molecule has 1 rings (SSSR count). The van der Waals surface area contributed by atoms with Gasteiger partial charge < -0.3 is 10.6 Å². The Bertz CT molecular complexity index is 354. The molecule has 0 aromatic carbocycles. The number of nitrogens with zero attached hydrogens (tertiary/aromatic N) is 2. The van der Waals surface area contributed by atoms with E-state index in [-0.39, 0.29) is 11.9 Å². The van der Waals surface area contributed by atoms with Crippen LogP contribution in [0, 0.1) is 6.92 Å². The molecule has 0 spiro atoms. The van der Waals surface area contributed by atoms with Gasteiger partial charge in [0.1, 0.15) is 0 Å². The maximum Gasteiger partial charge on any atom is 0.216 e. The van der Waals surface area contributed by atoms with Crippen molar-refractivity contribution < 1.29 is 4.79 Å². The summed E-state index contributed by atoms with van der Waals surface area (Å²) in [5, 5.41) is 6.01. The molecule has 5 nitrogen and oxygen atoms in total. The molecule has 88 valence electrons. The van der Waals surface area contributed by atoms with E-state index in [1.54, 1.807) is 12.4 Å². The predicted octanol–water partition coefficient (Wildman–Crippen LogP) is 0.572. The van der Waals surface area contributed by atoms with Gasteiger partial charge in [-0.15, -0.1) is 0 Å². The monoisotopic (exact) mass is 222 g/mol. The van der Waals surface area contributed by atoms with Crippen molar-refractivity contribution in [1.82, 2.24) is 20.6 Å². The quantitative estimate of drug-likeness (QED) is 0.715. The largest absolute Gasteiger partial charge is 0.355 e. The molecule has 1 aromatic heterocycles. The third kappa shape index (κ3) is 3.94. The summed E-state index contributed by atoms with van der Waals surface area (Å²) in [4.78, 5) is 19.1. The number of amides is 1. The second-order valence-electron chi connectivity index (χ2n) is 3.69. The summed E-state index contributed by atoms with van der Waals surface area (Å²) in [6.45, 7) is 6.82. The van der Waals surface area contributed by atoms with Crippen LogP contribution in [0.25, 0.3) is 0 Å². The number of hydrogen-bond donors (Lipinski definition) is 2. The Balaban J connectivity index is 2.38. The van der Waals surface area contributed by atoms with Gasteiger partial charge in [0.15, 0.2) is 0 Å². The smallest absolute Gasteiger partial charge is 0.216 e. The van der Waals surface area contributed by atoms with E-state index in [1.807, 2.05) is 13.8 Å². The number of rotatable bonds is 5. The van der Waals surface area contributed by atoms with Gasteiger partial charge >= 0.3 is 0 Å². The van der Waals surface area contributed by atoms with Gasteiger partial charge in [-0.1, -0.05) is 0 Å². The van der Waals surface area contributed by atoms with Gasteiger partial charge in [0.05, 0.1) is 11.4 Å². The molecule has 1 atom stereocenters. The van der Waals surface area contributed by atoms with Gasteiger partial charge in [-0.3, -0.25) is 14.8 Å². The molecule has 1 aromatic rings. The molecule has 0 aliphatic carbocycles. The maximum atomic E-state index is 10.7. The Kier molecular flexibility index (Phi) is 4.85. The standard InChI is InChI=1S/C11H18N4O/c1-8(12-4-6-14-10(3)16)11-9(2)13-5-7-15-11/h5,7-8,12H,4,6H2,1-3H3,(H,14,16). The summed E-state index contributed by atoms with van der Waals surface area (Å²) >= 11 is 0. The number of nitrogens with one attached hydrogen (secondary N) is 2. The second kappa shape index (κ2) is 6.17. The van der Waals surface area contributed by atoms with Gasteiger partial charge in [0.25, 0.3) is 0 Å². The number of hydrogen-bond acceptors (Lipinski definition) is 4. The zero-order chi connectivity index (χ0) is 12.0. The van der Waals surface area contributed by atoms with Crippen molar-refractivity contribution in [1.29, 1.82) is 0 Å². The highest BCUT2D eigenvalue weighted by atomic mass is 16.1. The zero-order valence-electron chi connectivity index (χ0n) is 9.95. The van der Waals surface area contributed by atoms with Crippen LogP contribution in [0.4, 0.5) is 0 Å². The van der Waals surface area contributed by atoms with Gasteiger partial charge in [-0.2, -0.15) is 0 Å². The van der Waals surface area contributed by atoms with Gasteiger partial charge in [-0.05, 0) is 13.8 Å². The minimum atomic E-state index is -0.00913. The van der Waals surface area contributed by atoms with Crippen molar-refractivity contribution in [3.63, 3.8) is 0 Å². The van der Waals surface area contributed by atoms with Crippen molar-refractivity contribution in [3.8, 4) is 0 Å². The summed E-state index contributed by atoms with van der Waals surface area (Å²) in [6.07, 6.45) is 3.37. The lowest BCUT2D eigenvalue weighted by Crippen LogP contribution is -2.32. The van der Waals surface area contributed by atoms with Crippen LogP contribution < -0.4 is 10.6 Å². The fraction of sp³-hybridized carbons (Fsp3) is 0.545. The van der Waals surface area contributed by atoms with Crippen LogP contribution in [-0.2, 0) is 4.79 Å². The van der Waals surface area contributed by atoms with E-state index in [0.29, 0.717) is 6.54 Å². The molecule has 1 heterocycles. The lowest BCUT2D eigenvalue weighted by Gasteiger charge is -2.14. The zero-order valence-corrected chi connectivity index (χ0v) is 9.95. The average Bonchev–Trinajstić information content (AvgIpc) is 2.24. The molecular formula is C11H18N4O. The van der Waals surface area contributed by atoms with Gasteiger partial charge in [-0.25, -0.2) is 0 Å². The molecule has 0 fully saturated rings. The minimum absolute atomic E-state index is 0.00913. The van der Waals surface area contributed by atoms with E-state index in [2.05, 4.69) is 20.6 Å². The summed E-state index contributed by atoms with van der Waals surface area (Å²) < 4.78 is 0. The Morgan fingerprint density at radius 2 is 2.06 bits per heavy atom. The van der Waals surface area contributed by atoms with Crippen LogP contribution in [0.5, 0.6) is 0 Å². The average molecular weight is 222 g/mol. The molecular weight excluding hydrogens is 204 g/mol. The Labute approximate surface area is 95.7 Å². The fourth-order valence-corrected chi connectivity index (χ4v) is 1.47. The second-order valence-corrected chi connectivity index (χ2v) is 3.69. The summed E-state index contributed by atoms with van der Waals surface area (Å²) in [5.41, 5.74) is 1.88. The Morgan fingerprint density at radius 1 is 1.38 bits per heavy atom. The SMILES string of the molecule is CC(=O)NCCNC(C)c1nccnc1C. The molecule has 0 saturated heterocycles. The molecule has 0 bridgehead atoms. The summed E-state index contributed by atoms with van der Waals surface area (Å²) in [7, 11) is 0. The molecule has 0 aliphatic heterocycles. The lowest BCUT2D eigenvalue weighted by atomic mass is 10.2. The van der Waals surface area contributed by atoms with Crippen LogP contribution >= 0.6 is 0 Å². The molecule has 1 unspecified atom stereocenters. The van der Waals surface area contributed by atoms with E-state index in [1.165, 1.54) is 6.92 Å². The molecule has 1 amide bonds. The van der Waals surface area contributed by atoms with Crippen LogP contribution in [0.3, 0.4) is 0 Å². The topological polar surface area (TPSA) is 66.9 Å². The Hall–Kier alpha value is -1.49. The van der Waals surface area contributed by atoms with E-state index >= 15 is 0 Å². The van der Waals surface area contributed by atoms with Crippen molar-refractivity contribution in [2.24, 2.45) is 0 Å². The van der Waals surface area contributed by atoms with E-state index in [0.717, 1.165) is 17.9 Å². The van der Waals surface area contributed by atoms with Crippen molar-refractivity contribution in [2.75, 3.05) is 13.1 Å². The third-order valence-electron chi connectivity index (χ3n) is 2.28. The van der Waals surface area contributed by atoms with Crippen molar-refractivity contribution >= 4 is 5.91 Å². The predicted molar refractivity (Wildman–Crippen MR) is 61.9 cm³/mol. The number of carbonyl (C=O) groups excluding carboxylic acids is 1. The highest BCUT2D eigenvalue weighted by molar-refractivity contribution is 5.72. The van der Waals surface area contributed by atoms with E-state index < -0.39 is 0 Å². The maximum absolute atomic E-state index is 10.7. The molecule has 2 N–H and O–H groups in total. The number of aromatic nitrogens is 2. The first-order valence-corrected chi connectivity index (χ1v) is 5.36. The number of aryl methyl sites for hydroxylation is 1. The van der Waals surface area contributed by atoms with Crippen molar-refractivity contribution in [3.05, 3.63) is 23.8 Å². The molecule has 5 heteroatoms. The van der Waals surface area contributed by atoms with Crippen LogP contribution in [0.1, 0.15) is 31.3 Å². The highest BCUT2D eigenvalue weighted by Crippen LogP contribution is 2.10. The molecule has 0 saturated carbocycles. The molecule has 16 heavy (non-hydrogen) atoms. The normalized spacial score (nSPS) is 12.2. The molecule has 0 radical (unpaired) electrons. The first-order chi connectivity index (χ1) is 7.61. The Morgan fingerprint density at radius 3 is 2.69 bits per heavy atom. The van der Waals surface area contributed by atoms with Crippen molar-refractivity contribution in [2.45, 2.75) is 26.8 Å². The van der Waals surface area contributed by atoms with Crippen LogP contribution in [-0.4, -0.2) is 29.0 Å². The molecule has 0 aliphatic rings. The van der Waals surface area contributed by atoms with Crippen LogP contribution in [0.2, 0.25) is 0 Å². The van der Waals surface area contributed by atoms with Gasteiger partial charge in [0.2, 0.25) is 5.91 Å².